The number of nitriles is 1. The number of methoxy groups -OCH3 is 1. The maximum Gasteiger partial charge on any atom is 0.410 e. The van der Waals surface area contributed by atoms with Crippen LogP contribution in [0.25, 0.3) is 0 Å². The molecule has 1 saturated carbocycles. The Kier molecular flexibility index (Phi) is 6.85. The number of piperidine rings is 1. The summed E-state index contributed by atoms with van der Waals surface area (Å²) in [4.78, 5) is 17.2. The highest BCUT2D eigenvalue weighted by molar-refractivity contribution is 5.68. The molecule has 1 aliphatic carbocycles. The van der Waals surface area contributed by atoms with Gasteiger partial charge in [-0.1, -0.05) is 6.07 Å². The van der Waals surface area contributed by atoms with Gasteiger partial charge in [0.05, 0.1) is 18.3 Å². The lowest BCUT2D eigenvalue weighted by Gasteiger charge is -2.58. The van der Waals surface area contributed by atoms with E-state index in [1.807, 2.05) is 33.8 Å². The highest BCUT2D eigenvalue weighted by Gasteiger charge is 2.61. The normalized spacial score (nSPS) is 29.7. The van der Waals surface area contributed by atoms with Gasteiger partial charge in [0.1, 0.15) is 17.4 Å². The van der Waals surface area contributed by atoms with Crippen LogP contribution in [0.4, 0.5) is 4.79 Å². The van der Waals surface area contributed by atoms with E-state index >= 15 is 0 Å². The summed E-state index contributed by atoms with van der Waals surface area (Å²) in [6.45, 7) is 12.6. The van der Waals surface area contributed by atoms with E-state index in [0.717, 1.165) is 36.6 Å². The number of nitrogens with zero attached hydrogens (tertiary/aromatic N) is 3. The van der Waals surface area contributed by atoms with Gasteiger partial charge in [-0.15, -0.1) is 0 Å². The van der Waals surface area contributed by atoms with Crippen LogP contribution in [0.2, 0.25) is 0 Å². The topological polar surface area (TPSA) is 86.0 Å². The van der Waals surface area contributed by atoms with Gasteiger partial charge in [-0.3, -0.25) is 4.90 Å². The molecule has 3 fully saturated rings. The van der Waals surface area contributed by atoms with Gasteiger partial charge in [0, 0.05) is 36.7 Å². The van der Waals surface area contributed by atoms with Gasteiger partial charge in [0.15, 0.2) is 0 Å². The highest BCUT2D eigenvalue weighted by Crippen LogP contribution is 2.55. The van der Waals surface area contributed by atoms with Crippen molar-refractivity contribution in [1.82, 2.24) is 9.80 Å². The van der Waals surface area contributed by atoms with Gasteiger partial charge in [0.25, 0.3) is 0 Å². The van der Waals surface area contributed by atoms with Gasteiger partial charge >= 0.3 is 6.09 Å². The van der Waals surface area contributed by atoms with E-state index in [1.165, 1.54) is 12.8 Å². The van der Waals surface area contributed by atoms with Crippen LogP contribution < -0.4 is 4.74 Å². The highest BCUT2D eigenvalue weighted by atomic mass is 16.6. The summed E-state index contributed by atoms with van der Waals surface area (Å²) in [5.41, 5.74) is 0.0821. The molecule has 1 N–H and O–H groups in total. The van der Waals surface area contributed by atoms with Gasteiger partial charge in [-0.2, -0.15) is 5.26 Å². The number of hydrogen-bond donors (Lipinski definition) is 1. The van der Waals surface area contributed by atoms with Crippen molar-refractivity contribution >= 4 is 6.09 Å². The van der Waals surface area contributed by atoms with E-state index in [1.54, 1.807) is 18.1 Å². The zero-order chi connectivity index (χ0) is 25.6. The number of likely N-dealkylation sites (tertiary alicyclic amines) is 2. The molecule has 1 amide bonds. The maximum absolute atomic E-state index is 13.1. The number of rotatable bonds is 4. The second-order valence-electron chi connectivity index (χ2n) is 11.8. The van der Waals surface area contributed by atoms with Crippen molar-refractivity contribution < 1.29 is 19.4 Å². The summed E-state index contributed by atoms with van der Waals surface area (Å²) in [6, 6.07) is 5.94. The fraction of sp³-hybridized carbons (Fsp3) is 0.714. The smallest absolute Gasteiger partial charge is 0.410 e. The second-order valence-corrected chi connectivity index (χ2v) is 11.8. The molecule has 3 atom stereocenters. The van der Waals surface area contributed by atoms with Crippen LogP contribution in [0, 0.1) is 24.2 Å². The van der Waals surface area contributed by atoms with Crippen molar-refractivity contribution in [3.8, 4) is 11.8 Å². The number of benzene rings is 1. The fourth-order valence-electron chi connectivity index (χ4n) is 6.41. The van der Waals surface area contributed by atoms with Gasteiger partial charge in [0.2, 0.25) is 0 Å². The van der Waals surface area contributed by atoms with Crippen LogP contribution >= 0.6 is 0 Å². The maximum atomic E-state index is 13.1. The van der Waals surface area contributed by atoms with Crippen LogP contribution in [0.1, 0.15) is 76.5 Å². The molecule has 0 spiro atoms. The predicted octanol–water partition coefficient (Wildman–Crippen LogP) is 4.38. The molecule has 192 valence electrons. The number of carbonyl (C=O) groups is 1. The third-order valence-electron chi connectivity index (χ3n) is 8.48. The van der Waals surface area contributed by atoms with E-state index in [9.17, 15) is 15.2 Å². The number of ether oxygens (including phenoxy) is 2. The molecule has 0 radical (unpaired) electrons. The minimum Gasteiger partial charge on any atom is -0.495 e. The third kappa shape index (κ3) is 4.63. The molecule has 2 aliphatic heterocycles. The van der Waals surface area contributed by atoms with Gasteiger partial charge in [-0.25, -0.2) is 4.79 Å². The minimum absolute atomic E-state index is 0.0923. The first-order valence-electron chi connectivity index (χ1n) is 13.0. The van der Waals surface area contributed by atoms with Crippen molar-refractivity contribution in [2.75, 3.05) is 33.3 Å². The predicted molar refractivity (Wildman–Crippen MR) is 134 cm³/mol. The molecule has 7 heteroatoms. The first-order valence-corrected chi connectivity index (χ1v) is 13.0. The number of amides is 1. The monoisotopic (exact) mass is 483 g/mol. The Morgan fingerprint density at radius 2 is 1.86 bits per heavy atom. The molecule has 2 saturated heterocycles. The lowest BCUT2D eigenvalue weighted by atomic mass is 9.56. The zero-order valence-corrected chi connectivity index (χ0v) is 22.2. The van der Waals surface area contributed by atoms with Crippen LogP contribution in [-0.4, -0.2) is 71.5 Å². The SMILES string of the molecule is COc1c(C#N)ccc(C)c1C12CCN(C(=O)OC(C)(C)C)CCC1(O)C(C)N(CC1CC1)CC2. The Morgan fingerprint density at radius 1 is 1.20 bits per heavy atom. The lowest BCUT2D eigenvalue weighted by molar-refractivity contribution is -0.137. The summed E-state index contributed by atoms with van der Waals surface area (Å²) >= 11 is 0. The summed E-state index contributed by atoms with van der Waals surface area (Å²) in [5, 5.41) is 22.6. The minimum atomic E-state index is -1.09. The van der Waals surface area contributed by atoms with E-state index in [-0.39, 0.29) is 12.1 Å². The summed E-state index contributed by atoms with van der Waals surface area (Å²) in [5.74, 6) is 1.27. The largest absolute Gasteiger partial charge is 0.495 e. The standard InChI is InChI=1S/C28H41N3O4/c1-19-7-10-22(17-29)24(34-6)23(19)27-11-14-30(25(32)35-26(3,4)5)16-13-28(27,33)20(2)31(15-12-27)18-21-8-9-21/h7,10,20-21,33H,8-9,11-16,18H2,1-6H3. The number of aryl methyl sites for hydroxylation is 1. The van der Waals surface area contributed by atoms with Crippen LogP contribution in [0.5, 0.6) is 5.75 Å². The molecule has 0 aromatic heterocycles. The van der Waals surface area contributed by atoms with E-state index in [0.29, 0.717) is 37.2 Å². The number of hydrogen-bond acceptors (Lipinski definition) is 6. The Morgan fingerprint density at radius 3 is 2.46 bits per heavy atom. The molecule has 1 aromatic carbocycles. The Bertz CT molecular complexity index is 1010. The van der Waals surface area contributed by atoms with Crippen molar-refractivity contribution in [1.29, 1.82) is 5.26 Å². The van der Waals surface area contributed by atoms with Crippen molar-refractivity contribution in [2.24, 2.45) is 5.92 Å². The molecule has 7 nitrogen and oxygen atoms in total. The number of carbonyl (C=O) groups excluding carboxylic acids is 1. The first kappa shape index (κ1) is 25.8. The molecule has 1 aromatic rings. The van der Waals surface area contributed by atoms with Crippen molar-refractivity contribution in [3.63, 3.8) is 0 Å². The average Bonchev–Trinajstić information content (AvgIpc) is 3.62. The molecule has 35 heavy (non-hydrogen) atoms. The molecule has 3 aliphatic rings. The van der Waals surface area contributed by atoms with E-state index < -0.39 is 16.6 Å². The van der Waals surface area contributed by atoms with Crippen LogP contribution in [-0.2, 0) is 10.2 Å². The van der Waals surface area contributed by atoms with Crippen LogP contribution in [0.15, 0.2) is 12.1 Å². The van der Waals surface area contributed by atoms with E-state index in [4.69, 9.17) is 9.47 Å². The lowest BCUT2D eigenvalue weighted by Crippen LogP contribution is -2.68. The van der Waals surface area contributed by atoms with Gasteiger partial charge in [-0.05, 0) is 90.8 Å². The quantitative estimate of drug-likeness (QED) is 0.684. The van der Waals surface area contributed by atoms with Gasteiger partial charge < -0.3 is 19.5 Å². The van der Waals surface area contributed by atoms with E-state index in [2.05, 4.69) is 17.9 Å². The molecular formula is C28H41N3O4. The molecular weight excluding hydrogens is 442 g/mol. The van der Waals surface area contributed by atoms with Crippen molar-refractivity contribution in [3.05, 3.63) is 28.8 Å². The Labute approximate surface area is 210 Å². The summed E-state index contributed by atoms with van der Waals surface area (Å²) in [7, 11) is 1.60. The number of fused-ring (bicyclic) bond motifs is 1. The Balaban J connectivity index is 1.81. The summed E-state index contributed by atoms with van der Waals surface area (Å²) < 4.78 is 11.6. The summed E-state index contributed by atoms with van der Waals surface area (Å²) in [6.07, 6.45) is 3.94. The molecule has 3 unspecified atom stereocenters. The van der Waals surface area contributed by atoms with Crippen molar-refractivity contribution in [2.45, 2.75) is 89.4 Å². The average molecular weight is 484 g/mol. The molecule has 0 bridgehead atoms. The zero-order valence-electron chi connectivity index (χ0n) is 22.2. The molecule has 2 heterocycles. The fourth-order valence-corrected chi connectivity index (χ4v) is 6.41. The van der Waals surface area contributed by atoms with Crippen LogP contribution in [0.3, 0.4) is 0 Å². The first-order chi connectivity index (χ1) is 16.5. The number of aliphatic hydroxyl groups is 1. The second kappa shape index (κ2) is 9.29. The third-order valence-corrected chi connectivity index (χ3v) is 8.48. The molecule has 4 rings (SSSR count). The Hall–Kier alpha value is -2.30.